The Bertz CT molecular complexity index is 1610. The minimum Gasteiger partial charge on any atom is -0.423 e. The van der Waals surface area contributed by atoms with E-state index in [0.29, 0.717) is 0 Å². The van der Waals surface area contributed by atoms with E-state index in [1.54, 1.807) is 24.3 Å². The fourth-order valence-corrected chi connectivity index (χ4v) is 4.17. The number of hydrogen-bond donors (Lipinski definition) is 0. The van der Waals surface area contributed by atoms with Gasteiger partial charge >= 0.3 is 12.1 Å². The van der Waals surface area contributed by atoms with Crippen molar-refractivity contribution in [1.29, 1.82) is 0 Å². The largest absolute Gasteiger partial charge is 0.458 e. The third kappa shape index (κ3) is 6.63. The molecule has 9 heteroatoms. The zero-order valence-corrected chi connectivity index (χ0v) is 21.1. The van der Waals surface area contributed by atoms with Crippen LogP contribution < -0.4 is 4.74 Å². The van der Waals surface area contributed by atoms with Crippen LogP contribution in [0.25, 0.3) is 21.9 Å². The third-order valence-electron chi connectivity index (χ3n) is 6.13. The average molecular weight is 558 g/mol. The van der Waals surface area contributed by atoms with Gasteiger partial charge in [-0.1, -0.05) is 50.0 Å². The number of carbonyl (C=O) groups is 1. The van der Waals surface area contributed by atoms with Crippen molar-refractivity contribution in [3.63, 3.8) is 0 Å². The molecular weight excluding hydrogens is 537 g/mol. The molecule has 0 atom stereocenters. The second-order valence-electron chi connectivity index (χ2n) is 9.04. The second kappa shape index (κ2) is 11.8. The number of hydrogen-bond acceptors (Lipinski definition) is 2. The Balaban J connectivity index is 1.59. The molecule has 0 N–H and O–H groups in total. The van der Waals surface area contributed by atoms with Crippen LogP contribution in [0.4, 0.5) is 30.7 Å². The number of esters is 1. The molecular formula is C31H21F7O2. The first kappa shape index (κ1) is 28.7. The van der Waals surface area contributed by atoms with Gasteiger partial charge in [-0.2, -0.15) is 13.2 Å². The molecule has 4 rings (SSSR count). The summed E-state index contributed by atoms with van der Waals surface area (Å²) in [5.74, 6) is -3.52. The number of aryl methyl sites for hydroxylation is 1. The molecule has 0 saturated carbocycles. The molecule has 4 aromatic carbocycles. The lowest BCUT2D eigenvalue weighted by molar-refractivity contribution is -0.0696. The van der Waals surface area contributed by atoms with E-state index in [0.717, 1.165) is 73.6 Å². The average Bonchev–Trinajstić information content (AvgIpc) is 2.88. The van der Waals surface area contributed by atoms with Crippen LogP contribution in [0, 0.1) is 35.1 Å². The zero-order valence-electron chi connectivity index (χ0n) is 21.1. The topological polar surface area (TPSA) is 26.3 Å². The van der Waals surface area contributed by atoms with Gasteiger partial charge in [-0.25, -0.2) is 22.4 Å². The molecule has 0 saturated heterocycles. The number of halogens is 7. The van der Waals surface area contributed by atoms with Crippen LogP contribution in [-0.2, 0) is 6.42 Å². The summed E-state index contributed by atoms with van der Waals surface area (Å²) in [6.07, 6.45) is -0.868. The van der Waals surface area contributed by atoms with Crippen LogP contribution in [0.2, 0.25) is 0 Å². The maximum atomic E-state index is 15.0. The van der Waals surface area contributed by atoms with Gasteiger partial charge in [0.05, 0.1) is 16.7 Å². The number of fused-ring (bicyclic) bond motifs is 1. The zero-order chi connectivity index (χ0) is 29.0. The normalized spacial score (nSPS) is 11.3. The predicted octanol–water partition coefficient (Wildman–Crippen LogP) is 8.93. The molecule has 40 heavy (non-hydrogen) atoms. The van der Waals surface area contributed by atoms with Gasteiger partial charge in [0.25, 0.3) is 0 Å². The van der Waals surface area contributed by atoms with Gasteiger partial charge in [-0.05, 0) is 65.8 Å². The molecule has 0 bridgehead atoms. The van der Waals surface area contributed by atoms with Gasteiger partial charge in [0.2, 0.25) is 0 Å². The Morgan fingerprint density at radius 3 is 2.15 bits per heavy atom. The summed E-state index contributed by atoms with van der Waals surface area (Å²) in [5, 5.41) is -0.459. The van der Waals surface area contributed by atoms with E-state index in [1.165, 1.54) is 5.92 Å². The van der Waals surface area contributed by atoms with E-state index in [1.807, 2.05) is 0 Å². The van der Waals surface area contributed by atoms with E-state index in [-0.39, 0.29) is 22.1 Å². The van der Waals surface area contributed by atoms with Crippen LogP contribution in [0.15, 0.2) is 60.7 Å². The van der Waals surface area contributed by atoms with E-state index < -0.39 is 52.1 Å². The quantitative estimate of drug-likeness (QED) is 0.0744. The Morgan fingerprint density at radius 1 is 0.850 bits per heavy atom. The van der Waals surface area contributed by atoms with Crippen molar-refractivity contribution in [2.75, 3.05) is 0 Å². The van der Waals surface area contributed by atoms with Gasteiger partial charge in [0.1, 0.15) is 29.0 Å². The van der Waals surface area contributed by atoms with E-state index >= 15 is 8.78 Å². The molecule has 0 unspecified atom stereocenters. The maximum absolute atomic E-state index is 15.0. The number of carbonyl (C=O) groups excluding carboxylic acids is 1. The fourth-order valence-electron chi connectivity index (χ4n) is 4.17. The van der Waals surface area contributed by atoms with Crippen LogP contribution in [-0.4, -0.2) is 12.1 Å². The van der Waals surface area contributed by atoms with E-state index in [9.17, 15) is 26.7 Å². The molecule has 0 aliphatic carbocycles. The molecule has 0 fully saturated rings. The highest BCUT2D eigenvalue weighted by Crippen LogP contribution is 2.32. The lowest BCUT2D eigenvalue weighted by atomic mass is 9.97. The summed E-state index contributed by atoms with van der Waals surface area (Å²) in [6, 6.07) is 12.3. The Morgan fingerprint density at radius 2 is 1.52 bits per heavy atom. The highest BCUT2D eigenvalue weighted by molar-refractivity contribution is 5.93. The van der Waals surface area contributed by atoms with Gasteiger partial charge < -0.3 is 4.74 Å². The van der Waals surface area contributed by atoms with Crippen molar-refractivity contribution in [3.8, 4) is 28.7 Å². The molecule has 0 heterocycles. The molecule has 0 amide bonds. The fraction of sp³-hybridized carbons (Fsp3) is 0.194. The highest BCUT2D eigenvalue weighted by atomic mass is 19.4. The molecule has 0 aromatic heterocycles. The molecule has 4 aromatic rings. The van der Waals surface area contributed by atoms with Crippen LogP contribution in [0.5, 0.6) is 5.75 Å². The predicted molar refractivity (Wildman–Crippen MR) is 137 cm³/mol. The first-order chi connectivity index (χ1) is 19.0. The highest BCUT2D eigenvalue weighted by Gasteiger charge is 2.24. The number of alkyl halides is 3. The summed E-state index contributed by atoms with van der Waals surface area (Å²) in [5.41, 5.74) is -1.10. The number of ether oxygens (including phenoxy) is 1. The van der Waals surface area contributed by atoms with Crippen molar-refractivity contribution < 1.29 is 40.3 Å². The first-order valence-electron chi connectivity index (χ1n) is 12.3. The minimum absolute atomic E-state index is 0.117. The van der Waals surface area contributed by atoms with Gasteiger partial charge in [0.15, 0.2) is 0 Å². The summed E-state index contributed by atoms with van der Waals surface area (Å²) in [7, 11) is 0. The van der Waals surface area contributed by atoms with Gasteiger partial charge in [-0.15, -0.1) is 0 Å². The molecule has 2 nitrogen and oxygen atoms in total. The van der Waals surface area contributed by atoms with E-state index in [4.69, 9.17) is 4.74 Å². The molecule has 0 aliphatic rings. The SMILES string of the molecule is CCCCCc1ccc(OC(=O)c2cc(F)c(-c3ccc4c(F)c(C#CC(F)(F)F)c(F)cc4c3)c(F)c2)cc1. The number of rotatable bonds is 7. The van der Waals surface area contributed by atoms with Gasteiger partial charge in [0, 0.05) is 11.3 Å². The Kier molecular flexibility index (Phi) is 8.48. The monoisotopic (exact) mass is 558 g/mol. The molecule has 0 spiro atoms. The minimum atomic E-state index is -4.95. The molecule has 206 valence electrons. The summed E-state index contributed by atoms with van der Waals surface area (Å²) >= 11 is 0. The van der Waals surface area contributed by atoms with Crippen molar-refractivity contribution in [1.82, 2.24) is 0 Å². The Hall–Kier alpha value is -4.32. The van der Waals surface area contributed by atoms with Gasteiger partial charge in [-0.3, -0.25) is 0 Å². The number of unbranched alkanes of at least 4 members (excludes halogenated alkanes) is 2. The second-order valence-corrected chi connectivity index (χ2v) is 9.04. The standard InChI is InChI=1S/C31H21F7O2/c1-2-3-4-5-18-6-9-22(10-7-18)40-30(39)21-16-26(33)28(27(34)17-21)19-8-11-23-20(14-19)15-25(32)24(29(23)35)12-13-31(36,37)38/h6-11,14-17H,2-5H2,1H3. The smallest absolute Gasteiger partial charge is 0.423 e. The van der Waals surface area contributed by atoms with Crippen molar-refractivity contribution in [2.24, 2.45) is 0 Å². The molecule has 0 radical (unpaired) electrons. The van der Waals surface area contributed by atoms with Crippen molar-refractivity contribution in [2.45, 2.75) is 38.8 Å². The third-order valence-corrected chi connectivity index (χ3v) is 6.13. The van der Waals surface area contributed by atoms with Crippen LogP contribution in [0.3, 0.4) is 0 Å². The summed E-state index contributed by atoms with van der Waals surface area (Å²) in [4.78, 5) is 12.5. The van der Waals surface area contributed by atoms with Crippen molar-refractivity contribution >= 4 is 16.7 Å². The summed E-state index contributed by atoms with van der Waals surface area (Å²) in [6.45, 7) is 2.10. The maximum Gasteiger partial charge on any atom is 0.458 e. The van der Waals surface area contributed by atoms with Crippen molar-refractivity contribution in [3.05, 3.63) is 101 Å². The lowest BCUT2D eigenvalue weighted by Crippen LogP contribution is -2.10. The first-order valence-corrected chi connectivity index (χ1v) is 12.3. The van der Waals surface area contributed by atoms with Crippen LogP contribution in [0.1, 0.15) is 47.7 Å². The Labute approximate surface area is 225 Å². The number of benzene rings is 4. The summed E-state index contributed by atoms with van der Waals surface area (Å²) < 4.78 is 101. The van der Waals surface area contributed by atoms with Crippen LogP contribution >= 0.6 is 0 Å². The van der Waals surface area contributed by atoms with E-state index in [2.05, 4.69) is 6.92 Å². The lowest BCUT2D eigenvalue weighted by Gasteiger charge is -2.11. The molecule has 0 aliphatic heterocycles.